The summed E-state index contributed by atoms with van der Waals surface area (Å²) in [5, 5.41) is 3.96. The van der Waals surface area contributed by atoms with Crippen LogP contribution in [0, 0.1) is 0 Å². The van der Waals surface area contributed by atoms with Gasteiger partial charge in [0.25, 0.3) is 11.8 Å². The van der Waals surface area contributed by atoms with Gasteiger partial charge in [0.15, 0.2) is 11.5 Å². The molecule has 1 fully saturated rings. The van der Waals surface area contributed by atoms with Crippen LogP contribution in [0.15, 0.2) is 23.8 Å². The number of benzene rings is 1. The van der Waals surface area contributed by atoms with Crippen molar-refractivity contribution in [3.05, 3.63) is 29.3 Å². The highest BCUT2D eigenvalue weighted by Crippen LogP contribution is 2.29. The van der Waals surface area contributed by atoms with Crippen molar-refractivity contribution >= 4 is 29.9 Å². The molecule has 120 valence electrons. The Kier molecular flexibility index (Phi) is 4.75. The molecule has 0 bridgehead atoms. The van der Waals surface area contributed by atoms with Crippen LogP contribution in [0.1, 0.15) is 19.4 Å². The minimum atomic E-state index is -0.864. The average molecular weight is 318 g/mol. The minimum Gasteiger partial charge on any atom is -0.490 e. The van der Waals surface area contributed by atoms with Gasteiger partial charge in [0.1, 0.15) is 5.57 Å². The predicted octanol–water partition coefficient (Wildman–Crippen LogP) is 0.760. The van der Waals surface area contributed by atoms with Crippen molar-refractivity contribution in [3.63, 3.8) is 0 Å². The van der Waals surface area contributed by atoms with E-state index in [9.17, 15) is 19.2 Å². The van der Waals surface area contributed by atoms with Crippen molar-refractivity contribution in [2.24, 2.45) is 0 Å². The van der Waals surface area contributed by atoms with Gasteiger partial charge in [0.05, 0.1) is 6.61 Å². The van der Waals surface area contributed by atoms with Crippen LogP contribution in [0.2, 0.25) is 0 Å². The van der Waals surface area contributed by atoms with Crippen molar-refractivity contribution < 1.29 is 28.7 Å². The predicted molar refractivity (Wildman–Crippen MR) is 78.6 cm³/mol. The standard InChI is InChI=1S/C15H14N2O6/c1-3-22-12-7-9(4-5-11(12)23-8(2)18)6-10-13(19)16-15(21)17-14(10)20/h4-7H,3H2,1-2H3,(H2,16,17,19,20,21). The van der Waals surface area contributed by atoms with E-state index in [1.807, 2.05) is 10.6 Å². The molecule has 0 spiro atoms. The number of nitrogens with one attached hydrogen (secondary N) is 2. The van der Waals surface area contributed by atoms with Gasteiger partial charge in [-0.25, -0.2) is 4.79 Å². The summed E-state index contributed by atoms with van der Waals surface area (Å²) >= 11 is 0. The second-order valence-corrected chi connectivity index (χ2v) is 4.53. The van der Waals surface area contributed by atoms with E-state index in [2.05, 4.69) is 0 Å². The number of ether oxygens (including phenoxy) is 2. The molecule has 1 aromatic carbocycles. The van der Waals surface area contributed by atoms with Crippen LogP contribution < -0.4 is 20.1 Å². The van der Waals surface area contributed by atoms with Crippen molar-refractivity contribution in [1.82, 2.24) is 10.6 Å². The number of amides is 4. The van der Waals surface area contributed by atoms with Gasteiger partial charge in [-0.05, 0) is 30.7 Å². The molecule has 1 aliphatic heterocycles. The summed E-state index contributed by atoms with van der Waals surface area (Å²) in [6.45, 7) is 3.36. The molecule has 0 aliphatic carbocycles. The number of barbiturate groups is 1. The molecule has 1 aromatic rings. The van der Waals surface area contributed by atoms with Gasteiger partial charge in [-0.3, -0.25) is 25.0 Å². The highest BCUT2D eigenvalue weighted by atomic mass is 16.6. The summed E-state index contributed by atoms with van der Waals surface area (Å²) in [6, 6.07) is 3.69. The maximum Gasteiger partial charge on any atom is 0.328 e. The van der Waals surface area contributed by atoms with Gasteiger partial charge in [0.2, 0.25) is 0 Å². The molecule has 23 heavy (non-hydrogen) atoms. The summed E-state index contributed by atoms with van der Waals surface area (Å²) in [6.07, 6.45) is 1.30. The average Bonchev–Trinajstić information content (AvgIpc) is 2.45. The van der Waals surface area contributed by atoms with E-state index < -0.39 is 23.8 Å². The fourth-order valence-electron chi connectivity index (χ4n) is 1.89. The van der Waals surface area contributed by atoms with Gasteiger partial charge < -0.3 is 9.47 Å². The Bertz CT molecular complexity index is 701. The number of hydrogen-bond acceptors (Lipinski definition) is 6. The molecule has 0 unspecified atom stereocenters. The van der Waals surface area contributed by atoms with Gasteiger partial charge in [-0.2, -0.15) is 0 Å². The Hall–Kier alpha value is -3.16. The molecule has 0 atom stereocenters. The van der Waals surface area contributed by atoms with E-state index in [0.717, 1.165) is 0 Å². The van der Waals surface area contributed by atoms with Crippen molar-refractivity contribution in [1.29, 1.82) is 0 Å². The lowest BCUT2D eigenvalue weighted by Crippen LogP contribution is -2.51. The molecule has 4 amide bonds. The molecular formula is C15H14N2O6. The molecular weight excluding hydrogens is 304 g/mol. The van der Waals surface area contributed by atoms with Crippen molar-refractivity contribution in [2.45, 2.75) is 13.8 Å². The highest BCUT2D eigenvalue weighted by molar-refractivity contribution is 6.31. The third-order valence-electron chi connectivity index (χ3n) is 2.78. The fraction of sp³-hybridized carbons (Fsp3) is 0.200. The van der Waals surface area contributed by atoms with Crippen LogP contribution in [0.4, 0.5) is 4.79 Å². The van der Waals surface area contributed by atoms with Gasteiger partial charge in [-0.15, -0.1) is 0 Å². The first-order chi connectivity index (χ1) is 10.9. The van der Waals surface area contributed by atoms with Crippen LogP contribution in [0.25, 0.3) is 6.08 Å². The number of carbonyl (C=O) groups excluding carboxylic acids is 4. The fourth-order valence-corrected chi connectivity index (χ4v) is 1.89. The molecule has 1 saturated heterocycles. The monoisotopic (exact) mass is 318 g/mol. The Labute approximate surface area is 131 Å². The van der Waals surface area contributed by atoms with E-state index in [1.165, 1.54) is 25.1 Å². The number of hydrogen-bond donors (Lipinski definition) is 2. The Morgan fingerprint density at radius 3 is 2.35 bits per heavy atom. The Morgan fingerprint density at radius 2 is 1.78 bits per heavy atom. The van der Waals surface area contributed by atoms with Crippen LogP contribution in [0.3, 0.4) is 0 Å². The van der Waals surface area contributed by atoms with Gasteiger partial charge >= 0.3 is 12.0 Å². The topological polar surface area (TPSA) is 111 Å². The number of rotatable bonds is 4. The lowest BCUT2D eigenvalue weighted by Gasteiger charge is -2.14. The summed E-state index contributed by atoms with van der Waals surface area (Å²) in [5.74, 6) is -1.55. The van der Waals surface area contributed by atoms with Crippen LogP contribution in [-0.4, -0.2) is 30.4 Å². The van der Waals surface area contributed by atoms with Crippen LogP contribution in [0.5, 0.6) is 11.5 Å². The molecule has 2 rings (SSSR count). The van der Waals surface area contributed by atoms with Crippen molar-refractivity contribution in [3.8, 4) is 11.5 Å². The third kappa shape index (κ3) is 3.94. The first kappa shape index (κ1) is 16.2. The summed E-state index contributed by atoms with van der Waals surface area (Å²) in [7, 11) is 0. The lowest BCUT2D eigenvalue weighted by atomic mass is 10.1. The molecule has 8 heteroatoms. The van der Waals surface area contributed by atoms with Crippen LogP contribution >= 0.6 is 0 Å². The Balaban J connectivity index is 2.36. The summed E-state index contributed by atoms with van der Waals surface area (Å²) in [5.41, 5.74) is 0.256. The van der Waals surface area contributed by atoms with E-state index in [1.54, 1.807) is 13.0 Å². The molecule has 1 aliphatic rings. The molecule has 2 N–H and O–H groups in total. The lowest BCUT2D eigenvalue weighted by molar-refractivity contribution is -0.132. The largest absolute Gasteiger partial charge is 0.490 e. The zero-order valence-electron chi connectivity index (χ0n) is 12.5. The number of urea groups is 1. The third-order valence-corrected chi connectivity index (χ3v) is 2.78. The van der Waals surface area contributed by atoms with E-state index in [-0.39, 0.29) is 11.3 Å². The maximum absolute atomic E-state index is 11.7. The zero-order valence-corrected chi connectivity index (χ0v) is 12.5. The SMILES string of the molecule is CCOc1cc(C=C2C(=O)NC(=O)NC2=O)ccc1OC(C)=O. The smallest absolute Gasteiger partial charge is 0.328 e. The molecule has 0 saturated carbocycles. The highest BCUT2D eigenvalue weighted by Gasteiger charge is 2.27. The number of esters is 1. The number of imide groups is 2. The first-order valence-electron chi connectivity index (χ1n) is 6.74. The normalized spacial score (nSPS) is 14.0. The minimum absolute atomic E-state index is 0.215. The van der Waals surface area contributed by atoms with Gasteiger partial charge in [0, 0.05) is 6.92 Å². The molecule has 0 radical (unpaired) electrons. The molecule has 1 heterocycles. The quantitative estimate of drug-likeness (QED) is 0.367. The molecule has 8 nitrogen and oxygen atoms in total. The van der Waals surface area contributed by atoms with Crippen molar-refractivity contribution in [2.75, 3.05) is 6.61 Å². The van der Waals surface area contributed by atoms with E-state index >= 15 is 0 Å². The first-order valence-corrected chi connectivity index (χ1v) is 6.74. The second kappa shape index (κ2) is 6.73. The van der Waals surface area contributed by atoms with E-state index in [0.29, 0.717) is 17.9 Å². The summed E-state index contributed by atoms with van der Waals surface area (Å²) < 4.78 is 10.4. The summed E-state index contributed by atoms with van der Waals surface area (Å²) in [4.78, 5) is 45.4. The Morgan fingerprint density at radius 1 is 1.13 bits per heavy atom. The van der Waals surface area contributed by atoms with Crippen LogP contribution in [-0.2, 0) is 14.4 Å². The van der Waals surface area contributed by atoms with E-state index in [4.69, 9.17) is 9.47 Å². The van der Waals surface area contributed by atoms with Gasteiger partial charge in [-0.1, -0.05) is 6.07 Å². The number of carbonyl (C=O) groups is 4. The second-order valence-electron chi connectivity index (χ2n) is 4.53. The maximum atomic E-state index is 11.7. The molecule has 0 aromatic heterocycles. The zero-order chi connectivity index (χ0) is 17.0.